The van der Waals surface area contributed by atoms with Crippen molar-refractivity contribution in [2.75, 3.05) is 11.9 Å². The number of benzene rings is 1. The Morgan fingerprint density at radius 3 is 2.67 bits per heavy atom. The molecule has 2 aromatic rings. The third-order valence-electron chi connectivity index (χ3n) is 4.55. The molecule has 1 fully saturated rings. The first kappa shape index (κ1) is 16.4. The van der Waals surface area contributed by atoms with E-state index in [-0.39, 0.29) is 5.91 Å². The summed E-state index contributed by atoms with van der Waals surface area (Å²) in [6.07, 6.45) is 7.65. The second-order valence-electron chi connectivity index (χ2n) is 6.19. The summed E-state index contributed by atoms with van der Waals surface area (Å²) in [5, 5.41) is 3.18. The van der Waals surface area contributed by atoms with Crippen LogP contribution in [0.5, 0.6) is 0 Å². The summed E-state index contributed by atoms with van der Waals surface area (Å²) in [5.41, 5.74) is 1.74. The van der Waals surface area contributed by atoms with Crippen LogP contribution in [0.25, 0.3) is 0 Å². The van der Waals surface area contributed by atoms with E-state index in [0.717, 1.165) is 25.8 Å². The molecule has 1 amide bonds. The predicted molar refractivity (Wildman–Crippen MR) is 94.8 cm³/mol. The highest BCUT2D eigenvalue weighted by Gasteiger charge is 2.26. The van der Waals surface area contributed by atoms with Crippen molar-refractivity contribution < 1.29 is 4.79 Å². The van der Waals surface area contributed by atoms with Crippen molar-refractivity contribution in [3.8, 4) is 0 Å². The average Bonchev–Trinajstić information content (AvgIpc) is 2.67. The zero-order valence-corrected chi connectivity index (χ0v) is 14.1. The van der Waals surface area contributed by atoms with Crippen LogP contribution in [0.15, 0.2) is 42.7 Å². The molecule has 1 aliphatic rings. The largest absolute Gasteiger partial charge is 0.350 e. The Kier molecular flexibility index (Phi) is 5.41. The highest BCUT2D eigenvalue weighted by atomic mass is 16.2. The van der Waals surface area contributed by atoms with Gasteiger partial charge in [0.1, 0.15) is 0 Å². The van der Waals surface area contributed by atoms with E-state index in [1.807, 2.05) is 35.2 Å². The Morgan fingerprint density at radius 2 is 1.96 bits per heavy atom. The minimum Gasteiger partial charge on any atom is -0.350 e. The first-order valence-corrected chi connectivity index (χ1v) is 8.68. The Balaban J connectivity index is 1.62. The molecule has 0 bridgehead atoms. The van der Waals surface area contributed by atoms with Gasteiger partial charge in [0.2, 0.25) is 5.95 Å². The maximum absolute atomic E-state index is 12.7. The summed E-state index contributed by atoms with van der Waals surface area (Å²) in [6, 6.07) is 10.4. The number of aromatic nitrogens is 2. The average molecular weight is 324 g/mol. The van der Waals surface area contributed by atoms with Crippen LogP contribution in [0, 0.1) is 0 Å². The van der Waals surface area contributed by atoms with Crippen LogP contribution in [0.4, 0.5) is 5.95 Å². The van der Waals surface area contributed by atoms with Gasteiger partial charge < -0.3 is 10.2 Å². The van der Waals surface area contributed by atoms with E-state index in [1.165, 1.54) is 12.0 Å². The van der Waals surface area contributed by atoms with Crippen molar-refractivity contribution >= 4 is 11.9 Å². The number of carbonyl (C=O) groups excluding carboxylic acids is 1. The third kappa shape index (κ3) is 3.91. The van der Waals surface area contributed by atoms with Gasteiger partial charge in [-0.15, -0.1) is 0 Å². The minimum atomic E-state index is 0.0520. The van der Waals surface area contributed by atoms with Crippen LogP contribution < -0.4 is 5.32 Å². The van der Waals surface area contributed by atoms with E-state index in [2.05, 4.69) is 22.2 Å². The molecule has 1 aromatic carbocycles. The van der Waals surface area contributed by atoms with Gasteiger partial charge in [-0.2, -0.15) is 0 Å². The van der Waals surface area contributed by atoms with Crippen LogP contribution in [-0.4, -0.2) is 33.4 Å². The quantitative estimate of drug-likeness (QED) is 0.914. The lowest BCUT2D eigenvalue weighted by Crippen LogP contribution is -2.43. The second kappa shape index (κ2) is 7.90. The number of anilines is 1. The number of hydrogen-bond acceptors (Lipinski definition) is 4. The van der Waals surface area contributed by atoms with Gasteiger partial charge in [-0.1, -0.05) is 37.3 Å². The second-order valence-corrected chi connectivity index (χ2v) is 6.19. The van der Waals surface area contributed by atoms with Gasteiger partial charge >= 0.3 is 0 Å². The van der Waals surface area contributed by atoms with Gasteiger partial charge in [-0.05, 0) is 31.2 Å². The van der Waals surface area contributed by atoms with Crippen molar-refractivity contribution in [3.05, 3.63) is 53.9 Å². The van der Waals surface area contributed by atoms with E-state index in [0.29, 0.717) is 24.1 Å². The lowest BCUT2D eigenvalue weighted by atomic mass is 9.99. The van der Waals surface area contributed by atoms with Gasteiger partial charge in [-0.3, -0.25) is 4.79 Å². The van der Waals surface area contributed by atoms with E-state index in [9.17, 15) is 4.79 Å². The predicted octanol–water partition coefficient (Wildman–Crippen LogP) is 3.49. The molecule has 1 saturated heterocycles. The number of nitrogens with one attached hydrogen (secondary N) is 1. The molecule has 5 heteroatoms. The number of amides is 1. The first-order chi connectivity index (χ1) is 11.8. The zero-order chi connectivity index (χ0) is 16.8. The molecule has 0 aliphatic carbocycles. The Labute approximate surface area is 143 Å². The molecule has 0 saturated carbocycles. The van der Waals surface area contributed by atoms with Crippen molar-refractivity contribution in [1.29, 1.82) is 0 Å². The SMILES string of the molecule is CCC1CCCCN1C(=O)c1cnc(NCc2ccccc2)nc1. The van der Waals surface area contributed by atoms with Gasteiger partial charge in [0.05, 0.1) is 5.56 Å². The summed E-state index contributed by atoms with van der Waals surface area (Å²) in [5.74, 6) is 0.595. The molecule has 1 aromatic heterocycles. The number of carbonyl (C=O) groups is 1. The fourth-order valence-corrected chi connectivity index (χ4v) is 3.16. The monoisotopic (exact) mass is 324 g/mol. The Morgan fingerprint density at radius 1 is 1.21 bits per heavy atom. The van der Waals surface area contributed by atoms with Gasteiger partial charge in [-0.25, -0.2) is 9.97 Å². The molecule has 1 N–H and O–H groups in total. The fraction of sp³-hybridized carbons (Fsp3) is 0.421. The highest BCUT2D eigenvalue weighted by molar-refractivity contribution is 5.94. The lowest BCUT2D eigenvalue weighted by Gasteiger charge is -2.35. The summed E-state index contributed by atoms with van der Waals surface area (Å²) in [4.78, 5) is 23.3. The van der Waals surface area contributed by atoms with E-state index in [4.69, 9.17) is 0 Å². The van der Waals surface area contributed by atoms with Crippen LogP contribution in [0.1, 0.15) is 48.5 Å². The van der Waals surface area contributed by atoms with Gasteiger partial charge in [0.15, 0.2) is 0 Å². The number of hydrogen-bond donors (Lipinski definition) is 1. The Hall–Kier alpha value is -2.43. The van der Waals surface area contributed by atoms with Crippen molar-refractivity contribution in [1.82, 2.24) is 14.9 Å². The highest BCUT2D eigenvalue weighted by Crippen LogP contribution is 2.21. The molecule has 0 radical (unpaired) electrons. The topological polar surface area (TPSA) is 58.1 Å². The third-order valence-corrected chi connectivity index (χ3v) is 4.55. The van der Waals surface area contributed by atoms with Gasteiger partial charge in [0.25, 0.3) is 5.91 Å². The normalized spacial score (nSPS) is 17.5. The van der Waals surface area contributed by atoms with E-state index < -0.39 is 0 Å². The molecule has 0 spiro atoms. The van der Waals surface area contributed by atoms with Crippen molar-refractivity contribution in [2.45, 2.75) is 45.2 Å². The maximum Gasteiger partial charge on any atom is 0.257 e. The molecule has 1 atom stereocenters. The lowest BCUT2D eigenvalue weighted by molar-refractivity contribution is 0.0607. The molecular formula is C19H24N4O. The minimum absolute atomic E-state index is 0.0520. The summed E-state index contributed by atoms with van der Waals surface area (Å²) < 4.78 is 0. The molecule has 126 valence electrons. The number of likely N-dealkylation sites (tertiary alicyclic amines) is 1. The summed E-state index contributed by atoms with van der Waals surface area (Å²) in [6.45, 7) is 3.65. The smallest absolute Gasteiger partial charge is 0.257 e. The molecule has 5 nitrogen and oxygen atoms in total. The van der Waals surface area contributed by atoms with Crippen LogP contribution in [0.3, 0.4) is 0 Å². The van der Waals surface area contributed by atoms with E-state index in [1.54, 1.807) is 12.4 Å². The maximum atomic E-state index is 12.7. The van der Waals surface area contributed by atoms with Crippen LogP contribution in [0.2, 0.25) is 0 Å². The number of piperidine rings is 1. The summed E-state index contributed by atoms with van der Waals surface area (Å²) >= 11 is 0. The molecule has 1 aliphatic heterocycles. The number of rotatable bonds is 5. The van der Waals surface area contributed by atoms with Crippen molar-refractivity contribution in [3.63, 3.8) is 0 Å². The summed E-state index contributed by atoms with van der Waals surface area (Å²) in [7, 11) is 0. The van der Waals surface area contributed by atoms with Crippen molar-refractivity contribution in [2.24, 2.45) is 0 Å². The molecule has 2 heterocycles. The molecule has 3 rings (SSSR count). The number of nitrogens with zero attached hydrogens (tertiary/aromatic N) is 3. The fourth-order valence-electron chi connectivity index (χ4n) is 3.16. The molecule has 24 heavy (non-hydrogen) atoms. The zero-order valence-electron chi connectivity index (χ0n) is 14.1. The van der Waals surface area contributed by atoms with E-state index >= 15 is 0 Å². The van der Waals surface area contributed by atoms with Gasteiger partial charge in [0, 0.05) is 31.5 Å². The molecule has 1 unspecified atom stereocenters. The Bertz CT molecular complexity index is 657. The van der Waals surface area contributed by atoms with Crippen LogP contribution in [-0.2, 0) is 6.54 Å². The van der Waals surface area contributed by atoms with Crippen LogP contribution >= 0.6 is 0 Å². The molecular weight excluding hydrogens is 300 g/mol. The first-order valence-electron chi connectivity index (χ1n) is 8.68. The standard InChI is InChI=1S/C19H24N4O/c1-2-17-10-6-7-11-23(17)18(24)16-13-21-19(22-14-16)20-12-15-8-4-3-5-9-15/h3-5,8-9,13-14,17H,2,6-7,10-12H2,1H3,(H,20,21,22).